The van der Waals surface area contributed by atoms with Crippen LogP contribution in [0.3, 0.4) is 0 Å². The van der Waals surface area contributed by atoms with Gasteiger partial charge in [-0.05, 0) is 0 Å². The molecule has 0 aliphatic carbocycles. The number of rotatable bonds is 3. The van der Waals surface area contributed by atoms with Crippen molar-refractivity contribution in [2.75, 3.05) is 6.61 Å². The second kappa shape index (κ2) is 5.05. The van der Waals surface area contributed by atoms with Crippen LogP contribution in [0.4, 0.5) is 0 Å². The fourth-order valence-corrected chi connectivity index (χ4v) is 1.58. The Morgan fingerprint density at radius 1 is 1.06 bits per heavy atom. The summed E-state index contributed by atoms with van der Waals surface area (Å²) in [5.74, 6) is 0. The Hall–Kier alpha value is -0.0900. The average Bonchev–Trinajstić information content (AvgIpc) is 2.17. The minimum atomic E-state index is -4.73. The minimum absolute atomic E-state index is 0.730. The molecule has 0 spiro atoms. The van der Waals surface area contributed by atoms with Crippen molar-refractivity contribution < 1.29 is 44.0 Å². The number of aliphatic hydroxyl groups is 4. The van der Waals surface area contributed by atoms with Gasteiger partial charge in [0.15, 0.2) is 6.29 Å². The summed E-state index contributed by atoms with van der Waals surface area (Å²) in [6.45, 7) is -0.730. The van der Waals surface area contributed by atoms with Gasteiger partial charge in [-0.25, -0.2) is 4.57 Å². The molecule has 0 amide bonds. The molecule has 96 valence electrons. The first kappa shape index (κ1) is 14.0. The quantitative estimate of drug-likeness (QED) is 0.289. The highest BCUT2D eigenvalue weighted by Crippen LogP contribution is 2.36. The van der Waals surface area contributed by atoms with Crippen LogP contribution in [0, 0.1) is 0 Å². The van der Waals surface area contributed by atoms with Crippen molar-refractivity contribution in [3.05, 3.63) is 0 Å². The maximum absolute atomic E-state index is 10.4. The van der Waals surface area contributed by atoms with Gasteiger partial charge in [0.1, 0.15) is 24.4 Å². The Kier molecular flexibility index (Phi) is 4.41. The third-order valence-corrected chi connectivity index (χ3v) is 2.58. The molecule has 0 aromatic rings. The topological polar surface area (TPSA) is 157 Å². The Morgan fingerprint density at radius 2 is 1.62 bits per heavy atom. The van der Waals surface area contributed by atoms with Crippen LogP contribution in [0.15, 0.2) is 0 Å². The smallest absolute Gasteiger partial charge is 0.387 e. The van der Waals surface area contributed by atoms with E-state index in [1.165, 1.54) is 0 Å². The van der Waals surface area contributed by atoms with Gasteiger partial charge in [-0.3, -0.25) is 4.52 Å². The molecule has 1 aliphatic heterocycles. The van der Waals surface area contributed by atoms with Crippen molar-refractivity contribution in [3.63, 3.8) is 0 Å². The number of phosphoric ester groups is 1. The zero-order valence-electron chi connectivity index (χ0n) is 7.95. The monoisotopic (exact) mass is 260 g/mol. The van der Waals surface area contributed by atoms with E-state index >= 15 is 0 Å². The molecule has 1 saturated heterocycles. The highest BCUT2D eigenvalue weighted by atomic mass is 31.2. The Morgan fingerprint density at radius 3 is 2.12 bits per heavy atom. The van der Waals surface area contributed by atoms with Gasteiger partial charge in [0.05, 0.1) is 6.61 Å². The van der Waals surface area contributed by atoms with Crippen LogP contribution in [0.1, 0.15) is 0 Å². The number of hydrogen-bond donors (Lipinski definition) is 6. The molecule has 1 aliphatic rings. The van der Waals surface area contributed by atoms with Gasteiger partial charge in [-0.1, -0.05) is 0 Å². The third-order valence-electron chi connectivity index (χ3n) is 2.09. The molecule has 5 atom stereocenters. The average molecular weight is 260 g/mol. The summed E-state index contributed by atoms with van der Waals surface area (Å²) in [6.07, 6.45) is -8.11. The van der Waals surface area contributed by atoms with Gasteiger partial charge in [0.25, 0.3) is 0 Å². The molecule has 1 fully saturated rings. The zero-order valence-corrected chi connectivity index (χ0v) is 8.84. The van der Waals surface area contributed by atoms with E-state index < -0.39 is 45.1 Å². The summed E-state index contributed by atoms with van der Waals surface area (Å²) in [4.78, 5) is 16.8. The van der Waals surface area contributed by atoms with E-state index in [1.54, 1.807) is 0 Å². The first-order valence-corrected chi connectivity index (χ1v) is 5.83. The summed E-state index contributed by atoms with van der Waals surface area (Å²) in [7, 11) is -4.73. The lowest BCUT2D eigenvalue weighted by Crippen LogP contribution is -2.58. The second-order valence-corrected chi connectivity index (χ2v) is 4.56. The summed E-state index contributed by atoms with van der Waals surface area (Å²) in [5, 5.41) is 36.7. The van der Waals surface area contributed by atoms with Gasteiger partial charge in [-0.2, -0.15) is 0 Å². The van der Waals surface area contributed by atoms with Crippen molar-refractivity contribution >= 4 is 7.82 Å². The third kappa shape index (κ3) is 3.45. The molecule has 0 saturated carbocycles. The molecule has 0 bridgehead atoms. The first-order valence-electron chi connectivity index (χ1n) is 4.30. The van der Waals surface area contributed by atoms with E-state index in [-0.39, 0.29) is 0 Å². The van der Waals surface area contributed by atoms with Gasteiger partial charge >= 0.3 is 7.82 Å². The maximum atomic E-state index is 10.4. The predicted molar refractivity (Wildman–Crippen MR) is 46.9 cm³/mol. The molecular formula is C6H13O9P. The van der Waals surface area contributed by atoms with Gasteiger partial charge < -0.3 is 34.9 Å². The van der Waals surface area contributed by atoms with E-state index in [4.69, 9.17) is 20.0 Å². The Balaban J connectivity index is 2.57. The van der Waals surface area contributed by atoms with Crippen molar-refractivity contribution in [1.82, 2.24) is 0 Å². The molecule has 0 aromatic heterocycles. The van der Waals surface area contributed by atoms with Crippen LogP contribution in [-0.4, -0.2) is 67.5 Å². The summed E-state index contributed by atoms with van der Waals surface area (Å²) < 4.78 is 19.0. The molecule has 0 aromatic carbocycles. The van der Waals surface area contributed by atoms with Gasteiger partial charge in [0.2, 0.25) is 0 Å². The zero-order chi connectivity index (χ0) is 12.5. The summed E-state index contributed by atoms with van der Waals surface area (Å²) in [5.41, 5.74) is 0. The lowest BCUT2D eigenvalue weighted by Gasteiger charge is -2.38. The molecule has 1 heterocycles. The maximum Gasteiger partial charge on any atom is 0.469 e. The molecule has 6 N–H and O–H groups in total. The normalized spacial score (nSPS) is 41.0. The second-order valence-electron chi connectivity index (χ2n) is 3.32. The largest absolute Gasteiger partial charge is 0.469 e. The van der Waals surface area contributed by atoms with E-state index in [0.29, 0.717) is 0 Å². The van der Waals surface area contributed by atoms with Crippen molar-refractivity contribution in [3.8, 4) is 0 Å². The molecule has 9 nitrogen and oxygen atoms in total. The molecule has 0 unspecified atom stereocenters. The molecule has 1 rings (SSSR count). The van der Waals surface area contributed by atoms with Crippen molar-refractivity contribution in [2.45, 2.75) is 30.7 Å². The van der Waals surface area contributed by atoms with Gasteiger partial charge in [-0.15, -0.1) is 0 Å². The summed E-state index contributed by atoms with van der Waals surface area (Å²) in [6, 6.07) is 0. The molecular weight excluding hydrogens is 247 g/mol. The number of aliphatic hydroxyl groups excluding tert-OH is 4. The SMILES string of the molecule is O=P(O)(O)OC[C@H]1O[C@H](O)[C@@H](O)[C@@H](O)[C@H]1O. The van der Waals surface area contributed by atoms with Crippen LogP contribution in [-0.2, 0) is 13.8 Å². The minimum Gasteiger partial charge on any atom is -0.387 e. The lowest BCUT2D eigenvalue weighted by molar-refractivity contribution is -0.285. The predicted octanol–water partition coefficient (Wildman–Crippen LogP) is -3.10. The van der Waals surface area contributed by atoms with Crippen LogP contribution < -0.4 is 0 Å². The highest BCUT2D eigenvalue weighted by Gasteiger charge is 2.43. The van der Waals surface area contributed by atoms with Crippen molar-refractivity contribution in [1.29, 1.82) is 0 Å². The Bertz CT molecular complexity index is 277. The number of hydrogen-bond acceptors (Lipinski definition) is 7. The first-order chi connectivity index (χ1) is 7.22. The van der Waals surface area contributed by atoms with Crippen LogP contribution in [0.25, 0.3) is 0 Å². The highest BCUT2D eigenvalue weighted by molar-refractivity contribution is 7.46. The van der Waals surface area contributed by atoms with E-state index in [9.17, 15) is 14.8 Å². The van der Waals surface area contributed by atoms with Crippen LogP contribution in [0.2, 0.25) is 0 Å². The molecule has 16 heavy (non-hydrogen) atoms. The fourth-order valence-electron chi connectivity index (χ4n) is 1.24. The van der Waals surface area contributed by atoms with E-state index in [0.717, 1.165) is 0 Å². The van der Waals surface area contributed by atoms with Crippen molar-refractivity contribution in [2.24, 2.45) is 0 Å². The van der Waals surface area contributed by atoms with E-state index in [2.05, 4.69) is 9.26 Å². The number of ether oxygens (including phenoxy) is 1. The van der Waals surface area contributed by atoms with Crippen LogP contribution >= 0.6 is 7.82 Å². The molecule has 0 radical (unpaired) electrons. The fraction of sp³-hybridized carbons (Fsp3) is 1.00. The number of phosphoric acid groups is 1. The van der Waals surface area contributed by atoms with Crippen LogP contribution in [0.5, 0.6) is 0 Å². The standard InChI is InChI=1S/C6H13O9P/c7-3-2(1-14-16(11,12)13)15-6(10)5(9)4(3)8/h2-10H,1H2,(H2,11,12,13)/t2-,3+,4+,5+,6+/m1/s1. The Labute approximate surface area is 90.1 Å². The van der Waals surface area contributed by atoms with Gasteiger partial charge in [0, 0.05) is 0 Å². The molecule has 10 heteroatoms. The summed E-state index contributed by atoms with van der Waals surface area (Å²) >= 11 is 0. The van der Waals surface area contributed by atoms with E-state index in [1.807, 2.05) is 0 Å². The lowest BCUT2D eigenvalue weighted by atomic mass is 10.00.